The zero-order valence-corrected chi connectivity index (χ0v) is 9.61. The molecule has 0 saturated heterocycles. The molecule has 1 atom stereocenters. The van der Waals surface area contributed by atoms with Crippen LogP contribution in [0.25, 0.3) is 6.08 Å². The van der Waals surface area contributed by atoms with Gasteiger partial charge in [0.1, 0.15) is 11.9 Å². The van der Waals surface area contributed by atoms with E-state index in [9.17, 15) is 4.79 Å². The van der Waals surface area contributed by atoms with Gasteiger partial charge in [0.15, 0.2) is 0 Å². The molecule has 84 valence electrons. The van der Waals surface area contributed by atoms with Crippen molar-refractivity contribution >= 4 is 12.0 Å². The lowest BCUT2D eigenvalue weighted by Crippen LogP contribution is -2.07. The maximum Gasteiger partial charge on any atom is 0.303 e. The molecule has 1 aromatic carbocycles. The number of fused-ring (bicyclic) bond motifs is 1. The van der Waals surface area contributed by atoms with Gasteiger partial charge in [-0.2, -0.15) is 0 Å². The van der Waals surface area contributed by atoms with Crippen molar-refractivity contribution in [3.63, 3.8) is 0 Å². The van der Waals surface area contributed by atoms with Crippen LogP contribution in [0.1, 0.15) is 31.1 Å². The normalized spacial score (nSPS) is 17.7. The maximum atomic E-state index is 11.0. The molecule has 0 saturated carbocycles. The van der Waals surface area contributed by atoms with Crippen molar-refractivity contribution < 1.29 is 14.3 Å². The summed E-state index contributed by atoms with van der Waals surface area (Å²) in [5, 5.41) is 0. The highest BCUT2D eigenvalue weighted by molar-refractivity contribution is 5.71. The molecular weight excluding hydrogens is 204 g/mol. The summed E-state index contributed by atoms with van der Waals surface area (Å²) in [6.07, 6.45) is 1.77. The second kappa shape index (κ2) is 4.00. The van der Waals surface area contributed by atoms with Crippen LogP contribution in [0.15, 0.2) is 23.8 Å². The summed E-state index contributed by atoms with van der Waals surface area (Å²) in [7, 11) is 1.62. The van der Waals surface area contributed by atoms with Crippen molar-refractivity contribution in [2.75, 3.05) is 7.11 Å². The van der Waals surface area contributed by atoms with Gasteiger partial charge in [-0.15, -0.1) is 0 Å². The number of carbonyl (C=O) groups excluding carboxylic acids is 1. The minimum absolute atomic E-state index is 0.261. The van der Waals surface area contributed by atoms with E-state index in [1.807, 2.05) is 31.2 Å². The summed E-state index contributed by atoms with van der Waals surface area (Å²) >= 11 is 0. The highest BCUT2D eigenvalue weighted by atomic mass is 16.5. The van der Waals surface area contributed by atoms with E-state index in [-0.39, 0.29) is 12.1 Å². The van der Waals surface area contributed by atoms with Crippen LogP contribution in [0.2, 0.25) is 0 Å². The van der Waals surface area contributed by atoms with Crippen LogP contribution >= 0.6 is 0 Å². The Kier molecular flexibility index (Phi) is 2.69. The number of esters is 1. The van der Waals surface area contributed by atoms with Gasteiger partial charge in [-0.05, 0) is 30.2 Å². The SMILES string of the molecule is COc1ccc2c(c1)C(OC(C)=O)C(C)=C2. The number of hydrogen-bond donors (Lipinski definition) is 0. The van der Waals surface area contributed by atoms with Gasteiger partial charge in [-0.3, -0.25) is 4.79 Å². The molecule has 0 amide bonds. The minimum Gasteiger partial charge on any atom is -0.497 e. The fraction of sp³-hybridized carbons (Fsp3) is 0.308. The van der Waals surface area contributed by atoms with Crippen molar-refractivity contribution in [1.82, 2.24) is 0 Å². The Morgan fingerprint density at radius 2 is 2.12 bits per heavy atom. The van der Waals surface area contributed by atoms with Crippen molar-refractivity contribution in [3.05, 3.63) is 34.9 Å². The molecule has 16 heavy (non-hydrogen) atoms. The van der Waals surface area contributed by atoms with E-state index in [1.165, 1.54) is 6.92 Å². The highest BCUT2D eigenvalue weighted by Crippen LogP contribution is 2.38. The summed E-state index contributed by atoms with van der Waals surface area (Å²) in [4.78, 5) is 11.0. The molecule has 1 aromatic rings. The Balaban J connectivity index is 2.38. The van der Waals surface area contributed by atoms with E-state index in [0.717, 1.165) is 22.4 Å². The molecule has 3 heteroatoms. The van der Waals surface area contributed by atoms with Crippen molar-refractivity contribution in [1.29, 1.82) is 0 Å². The number of rotatable bonds is 2. The quantitative estimate of drug-likeness (QED) is 0.716. The number of benzene rings is 1. The number of carbonyl (C=O) groups is 1. The Morgan fingerprint density at radius 1 is 1.38 bits per heavy atom. The van der Waals surface area contributed by atoms with Crippen LogP contribution in [0, 0.1) is 0 Å². The lowest BCUT2D eigenvalue weighted by atomic mass is 10.1. The molecule has 1 aliphatic rings. The van der Waals surface area contributed by atoms with Crippen molar-refractivity contribution in [2.45, 2.75) is 20.0 Å². The lowest BCUT2D eigenvalue weighted by molar-refractivity contribution is -0.144. The molecule has 0 N–H and O–H groups in total. The Hall–Kier alpha value is -1.77. The molecular formula is C13H14O3. The van der Waals surface area contributed by atoms with E-state index in [4.69, 9.17) is 9.47 Å². The van der Waals surface area contributed by atoms with Gasteiger partial charge in [0, 0.05) is 12.5 Å². The molecule has 0 heterocycles. The van der Waals surface area contributed by atoms with E-state index >= 15 is 0 Å². The number of ether oxygens (including phenoxy) is 2. The molecule has 0 radical (unpaired) electrons. The first kappa shape index (κ1) is 10.7. The third-order valence-corrected chi connectivity index (χ3v) is 2.66. The predicted octanol–water partition coefficient (Wildman–Crippen LogP) is 2.72. The molecule has 0 fully saturated rings. The molecule has 0 spiro atoms. The smallest absolute Gasteiger partial charge is 0.303 e. The number of methoxy groups -OCH3 is 1. The first-order valence-electron chi connectivity index (χ1n) is 5.15. The molecule has 3 nitrogen and oxygen atoms in total. The predicted molar refractivity (Wildman–Crippen MR) is 61.2 cm³/mol. The van der Waals surface area contributed by atoms with Gasteiger partial charge in [0.2, 0.25) is 0 Å². The average molecular weight is 218 g/mol. The largest absolute Gasteiger partial charge is 0.497 e. The minimum atomic E-state index is -0.270. The van der Waals surface area contributed by atoms with Gasteiger partial charge >= 0.3 is 5.97 Å². The summed E-state index contributed by atoms with van der Waals surface area (Å²) < 4.78 is 10.5. The van der Waals surface area contributed by atoms with Crippen LogP contribution in [-0.2, 0) is 9.53 Å². The van der Waals surface area contributed by atoms with Crippen LogP contribution in [0.5, 0.6) is 5.75 Å². The van der Waals surface area contributed by atoms with Crippen LogP contribution < -0.4 is 4.74 Å². The summed E-state index contributed by atoms with van der Waals surface area (Å²) in [5.74, 6) is 0.507. The van der Waals surface area contributed by atoms with Gasteiger partial charge < -0.3 is 9.47 Å². The lowest BCUT2D eigenvalue weighted by Gasteiger charge is -2.15. The van der Waals surface area contributed by atoms with Crippen LogP contribution in [0.3, 0.4) is 0 Å². The Labute approximate surface area is 94.7 Å². The molecule has 0 aromatic heterocycles. The second-order valence-electron chi connectivity index (χ2n) is 3.87. The summed E-state index contributed by atoms with van der Waals surface area (Å²) in [6, 6.07) is 5.79. The second-order valence-corrected chi connectivity index (χ2v) is 3.87. The average Bonchev–Trinajstić information content (AvgIpc) is 2.54. The third-order valence-electron chi connectivity index (χ3n) is 2.66. The van der Waals surface area contributed by atoms with Gasteiger partial charge in [-0.25, -0.2) is 0 Å². The Bertz CT molecular complexity index is 460. The van der Waals surface area contributed by atoms with Crippen LogP contribution in [0.4, 0.5) is 0 Å². The van der Waals surface area contributed by atoms with E-state index < -0.39 is 0 Å². The van der Waals surface area contributed by atoms with Gasteiger partial charge in [0.25, 0.3) is 0 Å². The summed E-state index contributed by atoms with van der Waals surface area (Å²) in [5.41, 5.74) is 3.12. The zero-order valence-electron chi connectivity index (χ0n) is 9.61. The monoisotopic (exact) mass is 218 g/mol. The van der Waals surface area contributed by atoms with Gasteiger partial charge in [0.05, 0.1) is 7.11 Å². The highest BCUT2D eigenvalue weighted by Gasteiger charge is 2.25. The molecule has 0 bridgehead atoms. The van der Waals surface area contributed by atoms with E-state index in [2.05, 4.69) is 0 Å². The standard InChI is InChI=1S/C13H14O3/c1-8-6-10-4-5-11(15-3)7-12(10)13(8)16-9(2)14/h4-7,13H,1-3H3. The van der Waals surface area contributed by atoms with Crippen molar-refractivity contribution in [2.24, 2.45) is 0 Å². The molecule has 0 aliphatic heterocycles. The number of hydrogen-bond acceptors (Lipinski definition) is 3. The van der Waals surface area contributed by atoms with E-state index in [1.54, 1.807) is 7.11 Å². The first-order chi connectivity index (χ1) is 7.61. The zero-order chi connectivity index (χ0) is 11.7. The molecule has 2 rings (SSSR count). The van der Waals surface area contributed by atoms with E-state index in [0.29, 0.717) is 0 Å². The summed E-state index contributed by atoms with van der Waals surface area (Å²) in [6.45, 7) is 3.38. The third kappa shape index (κ3) is 1.81. The maximum absolute atomic E-state index is 11.0. The fourth-order valence-electron chi connectivity index (χ4n) is 1.93. The topological polar surface area (TPSA) is 35.5 Å². The molecule has 1 aliphatic carbocycles. The Morgan fingerprint density at radius 3 is 2.75 bits per heavy atom. The van der Waals surface area contributed by atoms with Gasteiger partial charge in [-0.1, -0.05) is 12.1 Å². The fourth-order valence-corrected chi connectivity index (χ4v) is 1.93. The molecule has 1 unspecified atom stereocenters. The first-order valence-corrected chi connectivity index (χ1v) is 5.15. The van der Waals surface area contributed by atoms with Crippen LogP contribution in [-0.4, -0.2) is 13.1 Å². The van der Waals surface area contributed by atoms with Crippen molar-refractivity contribution in [3.8, 4) is 5.75 Å².